The summed E-state index contributed by atoms with van der Waals surface area (Å²) in [6.07, 6.45) is 4.27. The number of amides is 1. The Morgan fingerprint density at radius 3 is 2.53 bits per heavy atom. The summed E-state index contributed by atoms with van der Waals surface area (Å²) >= 11 is 0. The molecule has 34 heavy (non-hydrogen) atoms. The topological polar surface area (TPSA) is 97.0 Å². The van der Waals surface area contributed by atoms with Gasteiger partial charge in [0.1, 0.15) is 22.5 Å². The van der Waals surface area contributed by atoms with Gasteiger partial charge in [-0.25, -0.2) is 8.42 Å². The standard InChI is InChI=1S/C25H31N3O5S/c1-3-28-13-9-18(10-14-28)33-21-16-17(15-19-23(21)26-24(29)25(19)11-6-12-25)27-34(30,31)22-8-5-4-7-20(22)32-2/h4-5,7-8,15-16,18,27H,3,6,9-14H2,1-2H3,(H,26,29). The first kappa shape index (κ1) is 23.0. The van der Waals surface area contributed by atoms with Crippen molar-refractivity contribution in [1.82, 2.24) is 4.90 Å². The molecule has 2 aliphatic heterocycles. The molecule has 0 atom stereocenters. The van der Waals surface area contributed by atoms with Gasteiger partial charge in [-0.15, -0.1) is 0 Å². The van der Waals surface area contributed by atoms with Gasteiger partial charge in [-0.2, -0.15) is 0 Å². The number of ether oxygens (including phenoxy) is 2. The molecule has 1 spiro atoms. The van der Waals surface area contributed by atoms with E-state index in [4.69, 9.17) is 9.47 Å². The molecule has 1 amide bonds. The average Bonchev–Trinajstić information content (AvgIpc) is 3.11. The third kappa shape index (κ3) is 3.90. The zero-order chi connectivity index (χ0) is 23.9. The first-order chi connectivity index (χ1) is 16.4. The Bertz CT molecular complexity index is 1200. The molecular formula is C25H31N3O5S. The number of benzene rings is 2. The Balaban J connectivity index is 1.50. The van der Waals surface area contributed by atoms with Crippen LogP contribution in [-0.4, -0.2) is 52.1 Å². The van der Waals surface area contributed by atoms with Crippen molar-refractivity contribution in [3.05, 3.63) is 42.0 Å². The fourth-order valence-corrected chi connectivity index (χ4v) is 6.44. The maximum absolute atomic E-state index is 13.2. The maximum atomic E-state index is 13.2. The predicted octanol–water partition coefficient (Wildman–Crippen LogP) is 3.73. The van der Waals surface area contributed by atoms with Crippen LogP contribution in [0.1, 0.15) is 44.6 Å². The second-order valence-electron chi connectivity index (χ2n) is 9.29. The molecule has 0 unspecified atom stereocenters. The van der Waals surface area contributed by atoms with Crippen molar-refractivity contribution in [1.29, 1.82) is 0 Å². The highest BCUT2D eigenvalue weighted by molar-refractivity contribution is 7.92. The van der Waals surface area contributed by atoms with Crippen LogP contribution in [0.2, 0.25) is 0 Å². The molecule has 5 rings (SSSR count). The summed E-state index contributed by atoms with van der Waals surface area (Å²) in [6, 6.07) is 9.97. The lowest BCUT2D eigenvalue weighted by molar-refractivity contribution is -0.123. The van der Waals surface area contributed by atoms with Crippen LogP contribution in [0, 0.1) is 0 Å². The van der Waals surface area contributed by atoms with Crippen LogP contribution in [0.4, 0.5) is 11.4 Å². The zero-order valence-electron chi connectivity index (χ0n) is 19.6. The van der Waals surface area contributed by atoms with Gasteiger partial charge in [-0.3, -0.25) is 9.52 Å². The molecule has 2 N–H and O–H groups in total. The van der Waals surface area contributed by atoms with Crippen molar-refractivity contribution in [2.75, 3.05) is 36.8 Å². The predicted molar refractivity (Wildman–Crippen MR) is 130 cm³/mol. The van der Waals surface area contributed by atoms with Gasteiger partial charge in [0.05, 0.1) is 23.9 Å². The molecule has 182 valence electrons. The summed E-state index contributed by atoms with van der Waals surface area (Å²) in [5.41, 5.74) is 1.30. The van der Waals surface area contributed by atoms with Crippen LogP contribution in [0.25, 0.3) is 0 Å². The largest absolute Gasteiger partial charge is 0.495 e. The van der Waals surface area contributed by atoms with E-state index in [0.29, 0.717) is 17.1 Å². The van der Waals surface area contributed by atoms with Gasteiger partial charge >= 0.3 is 0 Å². The molecule has 0 radical (unpaired) electrons. The highest BCUT2D eigenvalue weighted by Crippen LogP contribution is 2.54. The van der Waals surface area contributed by atoms with Crippen LogP contribution in [0.3, 0.4) is 0 Å². The fourth-order valence-electron chi connectivity index (χ4n) is 5.23. The second-order valence-corrected chi connectivity index (χ2v) is 10.9. The number of nitrogens with zero attached hydrogens (tertiary/aromatic N) is 1. The third-order valence-corrected chi connectivity index (χ3v) is 8.81. The maximum Gasteiger partial charge on any atom is 0.265 e. The normalized spacial score (nSPS) is 19.9. The number of anilines is 2. The molecule has 2 aromatic carbocycles. The number of sulfonamides is 1. The Morgan fingerprint density at radius 2 is 1.88 bits per heavy atom. The molecule has 9 heteroatoms. The number of carbonyl (C=O) groups is 1. The molecule has 2 fully saturated rings. The molecule has 2 heterocycles. The van der Waals surface area contributed by atoms with Gasteiger partial charge < -0.3 is 19.7 Å². The number of fused-ring (bicyclic) bond motifs is 2. The lowest BCUT2D eigenvalue weighted by atomic mass is 9.65. The summed E-state index contributed by atoms with van der Waals surface area (Å²) < 4.78 is 40.8. The van der Waals surface area contributed by atoms with Gasteiger partial charge in [0, 0.05) is 19.2 Å². The van der Waals surface area contributed by atoms with E-state index in [0.717, 1.165) is 57.3 Å². The van der Waals surface area contributed by atoms with Crippen LogP contribution < -0.4 is 19.5 Å². The quantitative estimate of drug-likeness (QED) is 0.620. The lowest BCUT2D eigenvalue weighted by Gasteiger charge is -2.36. The molecule has 3 aliphatic rings. The van der Waals surface area contributed by atoms with E-state index >= 15 is 0 Å². The van der Waals surface area contributed by atoms with Crippen LogP contribution >= 0.6 is 0 Å². The number of rotatable bonds is 7. The molecule has 0 aromatic heterocycles. The van der Waals surface area contributed by atoms with Gasteiger partial charge in [0.2, 0.25) is 5.91 Å². The zero-order valence-corrected chi connectivity index (χ0v) is 20.4. The van der Waals surface area contributed by atoms with E-state index in [1.165, 1.54) is 13.2 Å². The summed E-state index contributed by atoms with van der Waals surface area (Å²) in [5, 5.41) is 3.04. The Hall–Kier alpha value is -2.78. The number of likely N-dealkylation sites (tertiary alicyclic amines) is 1. The van der Waals surface area contributed by atoms with Crippen molar-refractivity contribution in [2.24, 2.45) is 0 Å². The minimum absolute atomic E-state index is 0.0165. The molecule has 1 saturated carbocycles. The SMILES string of the molecule is CCN1CCC(Oc2cc(NS(=O)(=O)c3ccccc3OC)cc3c2NC(=O)C32CCC2)CC1. The van der Waals surface area contributed by atoms with Crippen molar-refractivity contribution < 1.29 is 22.7 Å². The summed E-state index contributed by atoms with van der Waals surface area (Å²) in [4.78, 5) is 15.4. The van der Waals surface area contributed by atoms with Gasteiger partial charge in [-0.05, 0) is 56.0 Å². The van der Waals surface area contributed by atoms with Crippen molar-refractivity contribution >= 4 is 27.3 Å². The Morgan fingerprint density at radius 1 is 1.15 bits per heavy atom. The first-order valence-corrected chi connectivity index (χ1v) is 13.4. The van der Waals surface area contributed by atoms with E-state index in [1.54, 1.807) is 30.3 Å². The van der Waals surface area contributed by atoms with Gasteiger partial charge in [0.25, 0.3) is 10.0 Å². The summed E-state index contributed by atoms with van der Waals surface area (Å²) in [6.45, 7) is 5.08. The van der Waals surface area contributed by atoms with Gasteiger partial charge in [-0.1, -0.05) is 25.5 Å². The minimum Gasteiger partial charge on any atom is -0.495 e. The molecule has 8 nitrogen and oxygen atoms in total. The number of hydrogen-bond acceptors (Lipinski definition) is 6. The van der Waals surface area contributed by atoms with Crippen LogP contribution in [0.15, 0.2) is 41.3 Å². The number of hydrogen-bond donors (Lipinski definition) is 2. The van der Waals surface area contributed by atoms with E-state index in [1.807, 2.05) is 0 Å². The molecule has 1 aliphatic carbocycles. The van der Waals surface area contributed by atoms with E-state index < -0.39 is 15.4 Å². The number of methoxy groups -OCH3 is 1. The minimum atomic E-state index is -3.92. The second kappa shape index (κ2) is 8.78. The Labute approximate surface area is 200 Å². The highest BCUT2D eigenvalue weighted by Gasteiger charge is 2.52. The van der Waals surface area contributed by atoms with Crippen molar-refractivity contribution in [3.63, 3.8) is 0 Å². The molecule has 1 saturated heterocycles. The van der Waals surface area contributed by atoms with Crippen molar-refractivity contribution in [3.8, 4) is 11.5 Å². The van der Waals surface area contributed by atoms with Crippen LogP contribution in [-0.2, 0) is 20.2 Å². The fraction of sp³-hybridized carbons (Fsp3) is 0.480. The number of para-hydroxylation sites is 1. The number of carbonyl (C=O) groups excluding carboxylic acids is 1. The Kier molecular flexibility index (Phi) is 5.93. The molecule has 2 aromatic rings. The van der Waals surface area contributed by atoms with Crippen molar-refractivity contribution in [2.45, 2.75) is 55.4 Å². The third-order valence-electron chi connectivity index (χ3n) is 7.38. The first-order valence-electron chi connectivity index (χ1n) is 11.9. The number of nitrogens with one attached hydrogen (secondary N) is 2. The summed E-state index contributed by atoms with van der Waals surface area (Å²) in [7, 11) is -2.47. The monoisotopic (exact) mass is 485 g/mol. The molecular weight excluding hydrogens is 454 g/mol. The smallest absolute Gasteiger partial charge is 0.265 e. The van der Waals surface area contributed by atoms with E-state index in [2.05, 4.69) is 21.9 Å². The highest BCUT2D eigenvalue weighted by atomic mass is 32.2. The number of piperidine rings is 1. The summed E-state index contributed by atoms with van der Waals surface area (Å²) in [5.74, 6) is 0.772. The molecule has 0 bridgehead atoms. The van der Waals surface area contributed by atoms with Gasteiger partial charge in [0.15, 0.2) is 0 Å². The van der Waals surface area contributed by atoms with Crippen LogP contribution in [0.5, 0.6) is 11.5 Å². The lowest BCUT2D eigenvalue weighted by Crippen LogP contribution is -2.40. The van der Waals surface area contributed by atoms with E-state index in [9.17, 15) is 13.2 Å². The van der Waals surface area contributed by atoms with E-state index in [-0.39, 0.29) is 22.7 Å². The average molecular weight is 486 g/mol.